The first-order chi connectivity index (χ1) is 8.79. The van der Waals surface area contributed by atoms with Crippen LogP contribution in [0.5, 0.6) is 0 Å². The molecule has 0 radical (unpaired) electrons. The number of rotatable bonds is 5. The monoisotopic (exact) mass is 253 g/mol. The molecule has 1 heterocycles. The highest BCUT2D eigenvalue weighted by molar-refractivity contribution is 5.78. The SMILES string of the molecule is CCN(CC(=O)NC1CCCCC1)C1CCNC1. The third kappa shape index (κ3) is 3.95. The average molecular weight is 253 g/mol. The molecule has 1 unspecified atom stereocenters. The maximum Gasteiger partial charge on any atom is 0.234 e. The van der Waals surface area contributed by atoms with E-state index in [4.69, 9.17) is 0 Å². The summed E-state index contributed by atoms with van der Waals surface area (Å²) in [5.74, 6) is 0.218. The van der Waals surface area contributed by atoms with E-state index >= 15 is 0 Å². The Morgan fingerprint density at radius 2 is 2.06 bits per heavy atom. The van der Waals surface area contributed by atoms with Gasteiger partial charge in [0.1, 0.15) is 0 Å². The third-order valence-corrected chi connectivity index (χ3v) is 4.27. The van der Waals surface area contributed by atoms with Crippen molar-refractivity contribution in [2.24, 2.45) is 0 Å². The number of carbonyl (C=O) groups excluding carboxylic acids is 1. The first kappa shape index (κ1) is 13.8. The van der Waals surface area contributed by atoms with Gasteiger partial charge >= 0.3 is 0 Å². The van der Waals surface area contributed by atoms with Crippen LogP contribution >= 0.6 is 0 Å². The summed E-state index contributed by atoms with van der Waals surface area (Å²) in [7, 11) is 0. The fraction of sp³-hybridized carbons (Fsp3) is 0.929. The van der Waals surface area contributed by atoms with E-state index in [0.29, 0.717) is 18.6 Å². The fourth-order valence-corrected chi connectivity index (χ4v) is 3.15. The Kier molecular flexibility index (Phi) is 5.45. The first-order valence-electron chi connectivity index (χ1n) is 7.53. The number of nitrogens with zero attached hydrogens (tertiary/aromatic N) is 1. The molecule has 1 atom stereocenters. The van der Waals surface area contributed by atoms with E-state index in [-0.39, 0.29) is 5.91 Å². The number of amides is 1. The van der Waals surface area contributed by atoms with Crippen molar-refractivity contribution in [2.75, 3.05) is 26.2 Å². The largest absolute Gasteiger partial charge is 0.352 e. The molecule has 104 valence electrons. The van der Waals surface area contributed by atoms with Crippen molar-refractivity contribution in [3.8, 4) is 0 Å². The topological polar surface area (TPSA) is 44.4 Å². The van der Waals surface area contributed by atoms with Gasteiger partial charge in [-0.1, -0.05) is 26.2 Å². The summed E-state index contributed by atoms with van der Waals surface area (Å²) in [5.41, 5.74) is 0. The Bertz CT molecular complexity index is 258. The lowest BCUT2D eigenvalue weighted by Crippen LogP contribution is -2.46. The quantitative estimate of drug-likeness (QED) is 0.772. The van der Waals surface area contributed by atoms with Crippen LogP contribution < -0.4 is 10.6 Å². The van der Waals surface area contributed by atoms with Crippen LogP contribution in [0.1, 0.15) is 45.4 Å². The second-order valence-corrected chi connectivity index (χ2v) is 5.61. The fourth-order valence-electron chi connectivity index (χ4n) is 3.15. The van der Waals surface area contributed by atoms with Crippen LogP contribution in [0.2, 0.25) is 0 Å². The predicted octanol–water partition coefficient (Wildman–Crippen LogP) is 1.12. The molecule has 0 spiro atoms. The molecule has 2 aliphatic rings. The van der Waals surface area contributed by atoms with Crippen molar-refractivity contribution in [3.63, 3.8) is 0 Å². The van der Waals surface area contributed by atoms with Crippen molar-refractivity contribution >= 4 is 5.91 Å². The summed E-state index contributed by atoms with van der Waals surface area (Å²) in [5, 5.41) is 6.57. The lowest BCUT2D eigenvalue weighted by atomic mass is 9.95. The average Bonchev–Trinajstić information content (AvgIpc) is 2.91. The molecule has 18 heavy (non-hydrogen) atoms. The maximum atomic E-state index is 12.1. The minimum absolute atomic E-state index is 0.218. The van der Waals surface area contributed by atoms with Crippen LogP contribution in [0.25, 0.3) is 0 Å². The molecule has 1 saturated heterocycles. The van der Waals surface area contributed by atoms with Gasteiger partial charge in [0.05, 0.1) is 6.54 Å². The highest BCUT2D eigenvalue weighted by Crippen LogP contribution is 2.17. The van der Waals surface area contributed by atoms with E-state index in [1.165, 1.54) is 38.5 Å². The number of hydrogen-bond acceptors (Lipinski definition) is 3. The molecule has 2 fully saturated rings. The summed E-state index contributed by atoms with van der Waals surface area (Å²) < 4.78 is 0. The number of carbonyl (C=O) groups is 1. The molecule has 4 nitrogen and oxygen atoms in total. The lowest BCUT2D eigenvalue weighted by molar-refractivity contribution is -0.123. The Labute approximate surface area is 110 Å². The molecule has 0 bridgehead atoms. The smallest absolute Gasteiger partial charge is 0.234 e. The van der Waals surface area contributed by atoms with E-state index in [1.54, 1.807) is 0 Å². The normalized spacial score (nSPS) is 25.6. The molecule has 4 heteroatoms. The van der Waals surface area contributed by atoms with Gasteiger partial charge in [0.25, 0.3) is 0 Å². The van der Waals surface area contributed by atoms with Crippen LogP contribution in [0, 0.1) is 0 Å². The molecule has 0 aromatic rings. The Balaban J connectivity index is 1.73. The van der Waals surface area contributed by atoms with E-state index in [2.05, 4.69) is 22.5 Å². The van der Waals surface area contributed by atoms with Gasteiger partial charge in [-0.3, -0.25) is 9.69 Å². The van der Waals surface area contributed by atoms with Crippen LogP contribution in [0.4, 0.5) is 0 Å². The number of likely N-dealkylation sites (N-methyl/N-ethyl adjacent to an activating group) is 1. The zero-order valence-corrected chi connectivity index (χ0v) is 11.6. The Morgan fingerprint density at radius 3 is 2.67 bits per heavy atom. The van der Waals surface area contributed by atoms with Crippen LogP contribution in [-0.2, 0) is 4.79 Å². The second kappa shape index (κ2) is 7.10. The second-order valence-electron chi connectivity index (χ2n) is 5.61. The Hall–Kier alpha value is -0.610. The predicted molar refractivity (Wildman–Crippen MR) is 73.5 cm³/mol. The highest BCUT2D eigenvalue weighted by atomic mass is 16.2. The van der Waals surface area contributed by atoms with E-state index < -0.39 is 0 Å². The van der Waals surface area contributed by atoms with Gasteiger partial charge in [-0.25, -0.2) is 0 Å². The third-order valence-electron chi connectivity index (χ3n) is 4.27. The van der Waals surface area contributed by atoms with Crippen molar-refractivity contribution in [1.82, 2.24) is 15.5 Å². The summed E-state index contributed by atoms with van der Waals surface area (Å²) in [6.45, 7) is 5.80. The standard InChI is InChI=1S/C14H27N3O/c1-2-17(13-8-9-15-10-13)11-14(18)16-12-6-4-3-5-7-12/h12-13,15H,2-11H2,1H3,(H,16,18). The zero-order chi connectivity index (χ0) is 12.8. The first-order valence-corrected chi connectivity index (χ1v) is 7.53. The van der Waals surface area contributed by atoms with Crippen molar-refractivity contribution in [1.29, 1.82) is 0 Å². The molecule has 2 N–H and O–H groups in total. The minimum atomic E-state index is 0.218. The molecule has 1 saturated carbocycles. The molecular weight excluding hydrogens is 226 g/mol. The molecule has 1 aliphatic carbocycles. The lowest BCUT2D eigenvalue weighted by Gasteiger charge is -2.28. The van der Waals surface area contributed by atoms with E-state index in [9.17, 15) is 4.79 Å². The zero-order valence-electron chi connectivity index (χ0n) is 11.6. The summed E-state index contributed by atoms with van der Waals surface area (Å²) in [6, 6.07) is 0.985. The van der Waals surface area contributed by atoms with Crippen molar-refractivity contribution in [3.05, 3.63) is 0 Å². The van der Waals surface area contributed by atoms with Gasteiger partial charge < -0.3 is 10.6 Å². The van der Waals surface area contributed by atoms with Crippen LogP contribution in [0.15, 0.2) is 0 Å². The van der Waals surface area contributed by atoms with Crippen LogP contribution in [-0.4, -0.2) is 49.1 Å². The van der Waals surface area contributed by atoms with Gasteiger partial charge in [0.15, 0.2) is 0 Å². The van der Waals surface area contributed by atoms with Crippen molar-refractivity contribution in [2.45, 2.75) is 57.5 Å². The van der Waals surface area contributed by atoms with E-state index in [1.807, 2.05) is 0 Å². The molecule has 0 aromatic heterocycles. The number of hydrogen-bond donors (Lipinski definition) is 2. The van der Waals surface area contributed by atoms with Crippen LogP contribution in [0.3, 0.4) is 0 Å². The number of nitrogens with one attached hydrogen (secondary N) is 2. The van der Waals surface area contributed by atoms with Gasteiger partial charge in [-0.15, -0.1) is 0 Å². The summed E-state index contributed by atoms with van der Waals surface area (Å²) in [6.07, 6.45) is 7.39. The van der Waals surface area contributed by atoms with E-state index in [0.717, 1.165) is 19.6 Å². The Morgan fingerprint density at radius 1 is 1.28 bits per heavy atom. The minimum Gasteiger partial charge on any atom is -0.352 e. The summed E-state index contributed by atoms with van der Waals surface area (Å²) >= 11 is 0. The van der Waals surface area contributed by atoms with Gasteiger partial charge in [-0.05, 0) is 32.4 Å². The van der Waals surface area contributed by atoms with Gasteiger partial charge in [0, 0.05) is 18.6 Å². The van der Waals surface area contributed by atoms with Gasteiger partial charge in [-0.2, -0.15) is 0 Å². The van der Waals surface area contributed by atoms with Crippen molar-refractivity contribution < 1.29 is 4.79 Å². The summed E-state index contributed by atoms with van der Waals surface area (Å²) in [4.78, 5) is 14.4. The van der Waals surface area contributed by atoms with Gasteiger partial charge in [0.2, 0.25) is 5.91 Å². The molecular formula is C14H27N3O. The molecule has 0 aromatic carbocycles. The molecule has 2 rings (SSSR count). The molecule has 1 amide bonds. The highest BCUT2D eigenvalue weighted by Gasteiger charge is 2.24. The molecule has 1 aliphatic heterocycles. The maximum absolute atomic E-state index is 12.1.